The van der Waals surface area contributed by atoms with E-state index in [1.54, 1.807) is 0 Å². The Bertz CT molecular complexity index is 474. The van der Waals surface area contributed by atoms with Crippen molar-refractivity contribution in [3.05, 3.63) is 16.2 Å². The normalized spacial score (nSPS) is 19.3. The van der Waals surface area contributed by atoms with Gasteiger partial charge >= 0.3 is 17.6 Å². The number of aromatic nitrogens is 2. The molecule has 0 fully saturated rings. The number of fused-ring (bicyclic) bond motifs is 1. The van der Waals surface area contributed by atoms with Crippen LogP contribution >= 0.6 is 0 Å². The molecule has 0 aliphatic carbocycles. The third kappa shape index (κ3) is 1.07. The molecule has 0 bridgehead atoms. The highest BCUT2D eigenvalue weighted by Crippen LogP contribution is 2.27. The van der Waals surface area contributed by atoms with Crippen LogP contribution in [0.15, 0.2) is 4.79 Å². The van der Waals surface area contributed by atoms with Gasteiger partial charge in [0.15, 0.2) is 11.5 Å². The molecule has 6 N–H and O–H groups in total. The number of nitrogens with one attached hydrogen (secondary N) is 2. The lowest BCUT2D eigenvalue weighted by atomic mass is 10.3. The van der Waals surface area contributed by atoms with E-state index in [2.05, 4.69) is 0 Å². The fourth-order valence-corrected chi connectivity index (χ4v) is 1.17. The molecule has 0 saturated carbocycles. The highest BCUT2D eigenvalue weighted by atomic mass is 16.7. The number of carbonyl (C=O) groups excluding carboxylic acids is 1. The maximum atomic E-state index is 11.2. The summed E-state index contributed by atoms with van der Waals surface area (Å²) in [7, 11) is 0. The monoisotopic (exact) mass is 218 g/mol. The molecule has 2 heterocycles. The Labute approximate surface area is 80.5 Å². The van der Waals surface area contributed by atoms with E-state index in [4.69, 9.17) is 15.4 Å². The molecule has 0 saturated heterocycles. The Morgan fingerprint density at radius 3 is 2.27 bits per heavy atom. The molecular formula is C5H6N4O6. The lowest BCUT2D eigenvalue weighted by Crippen LogP contribution is -2.64. The van der Waals surface area contributed by atoms with E-state index in [1.165, 1.54) is 0 Å². The number of aliphatic hydroxyl groups is 2. The van der Waals surface area contributed by atoms with Crippen LogP contribution < -0.4 is 10.8 Å². The summed E-state index contributed by atoms with van der Waals surface area (Å²) in [6.45, 7) is 0. The fourth-order valence-electron chi connectivity index (χ4n) is 1.17. The maximum absolute atomic E-state index is 11.2. The Hall–Kier alpha value is -1.88. The average Bonchev–Trinajstić information content (AvgIpc) is 2.55. The molecule has 82 valence electrons. The van der Waals surface area contributed by atoms with Crippen molar-refractivity contribution in [2.75, 3.05) is 5.06 Å². The van der Waals surface area contributed by atoms with Crippen LogP contribution in [0.5, 0.6) is 0 Å². The lowest BCUT2D eigenvalue weighted by molar-refractivity contribution is -0.356. The van der Waals surface area contributed by atoms with Crippen LogP contribution in [0.1, 0.15) is 10.5 Å². The van der Waals surface area contributed by atoms with Crippen LogP contribution in [-0.4, -0.2) is 47.6 Å². The summed E-state index contributed by atoms with van der Waals surface area (Å²) in [5.41, 5.74) is -1.35. The predicted molar refractivity (Wildman–Crippen MR) is 40.8 cm³/mol. The number of H-pyrrole nitrogens is 2. The van der Waals surface area contributed by atoms with Gasteiger partial charge in [0.05, 0.1) is 0 Å². The van der Waals surface area contributed by atoms with Gasteiger partial charge in [-0.15, -0.1) is 5.06 Å². The molecule has 0 radical (unpaired) electrons. The van der Waals surface area contributed by atoms with E-state index in [9.17, 15) is 14.8 Å². The first-order valence-electron chi connectivity index (χ1n) is 3.65. The highest BCUT2D eigenvalue weighted by Gasteiger charge is 2.50. The standard InChI is InChI=1S/C5H6N4O6/c10-3-1-2(7-4(11)6-1)8(14)5(12,13)9(3)15/h12-15H,(H2,6,7,11). The number of imidazole rings is 1. The molecule has 10 nitrogen and oxygen atoms in total. The molecule has 1 aromatic rings. The molecule has 1 amide bonds. The quantitative estimate of drug-likeness (QED) is 0.205. The van der Waals surface area contributed by atoms with E-state index >= 15 is 0 Å². The molecule has 1 aliphatic rings. The lowest BCUT2D eigenvalue weighted by Gasteiger charge is -2.37. The molecule has 0 aromatic carbocycles. The minimum Gasteiger partial charge on any atom is -0.327 e. The second-order valence-corrected chi connectivity index (χ2v) is 2.83. The van der Waals surface area contributed by atoms with Gasteiger partial charge in [-0.3, -0.25) is 25.2 Å². The van der Waals surface area contributed by atoms with Gasteiger partial charge in [-0.1, -0.05) is 0 Å². The van der Waals surface area contributed by atoms with Crippen LogP contribution in [0.25, 0.3) is 0 Å². The second kappa shape index (κ2) is 2.58. The first kappa shape index (κ1) is 9.67. The van der Waals surface area contributed by atoms with Crippen molar-refractivity contribution in [1.82, 2.24) is 15.0 Å². The second-order valence-electron chi connectivity index (χ2n) is 2.83. The van der Waals surface area contributed by atoms with E-state index < -0.39 is 34.2 Å². The molecule has 0 unspecified atom stereocenters. The molecule has 10 heteroatoms. The van der Waals surface area contributed by atoms with Crippen LogP contribution in [0.2, 0.25) is 0 Å². The van der Waals surface area contributed by atoms with E-state index in [0.717, 1.165) is 0 Å². The minimum atomic E-state index is -3.34. The average molecular weight is 218 g/mol. The SMILES string of the molecule is O=C1c2[nH]c(=O)[nH]c2N(O)C(O)(O)N1O. The van der Waals surface area contributed by atoms with E-state index in [0.29, 0.717) is 0 Å². The van der Waals surface area contributed by atoms with Crippen molar-refractivity contribution in [3.63, 3.8) is 0 Å². The third-order valence-electron chi connectivity index (χ3n) is 1.89. The Morgan fingerprint density at radius 1 is 1.07 bits per heavy atom. The topological polar surface area (TPSA) is 153 Å². The smallest absolute Gasteiger partial charge is 0.327 e. The van der Waals surface area contributed by atoms with Crippen molar-refractivity contribution in [3.8, 4) is 0 Å². The van der Waals surface area contributed by atoms with Gasteiger partial charge in [0.1, 0.15) is 0 Å². The number of nitrogens with zero attached hydrogens (tertiary/aromatic N) is 2. The molecule has 15 heavy (non-hydrogen) atoms. The van der Waals surface area contributed by atoms with Gasteiger partial charge in [0, 0.05) is 0 Å². The number of amides is 1. The summed E-state index contributed by atoms with van der Waals surface area (Å²) >= 11 is 0. The Balaban J connectivity index is 2.67. The summed E-state index contributed by atoms with van der Waals surface area (Å²) in [6, 6.07) is -3.34. The Morgan fingerprint density at radius 2 is 1.67 bits per heavy atom. The van der Waals surface area contributed by atoms with Crippen molar-refractivity contribution in [2.24, 2.45) is 0 Å². The predicted octanol–water partition coefficient (Wildman–Crippen LogP) is -2.66. The number of hydroxylamine groups is 3. The number of carbonyl (C=O) groups is 1. The summed E-state index contributed by atoms with van der Waals surface area (Å²) in [6.07, 6.45) is 0. The van der Waals surface area contributed by atoms with Crippen LogP contribution in [-0.2, 0) is 0 Å². The number of aromatic amines is 2. The Kier molecular flexibility index (Phi) is 1.66. The van der Waals surface area contributed by atoms with E-state index in [1.807, 2.05) is 9.97 Å². The van der Waals surface area contributed by atoms with Crippen molar-refractivity contribution in [1.29, 1.82) is 0 Å². The molecule has 1 aromatic heterocycles. The van der Waals surface area contributed by atoms with E-state index in [-0.39, 0.29) is 5.06 Å². The summed E-state index contributed by atoms with van der Waals surface area (Å²) in [4.78, 5) is 25.9. The molecule has 1 aliphatic heterocycles. The number of hydrogen-bond acceptors (Lipinski definition) is 7. The largest absolute Gasteiger partial charge is 0.388 e. The van der Waals surface area contributed by atoms with Gasteiger partial charge in [-0.25, -0.2) is 4.79 Å². The number of anilines is 1. The van der Waals surface area contributed by atoms with Crippen molar-refractivity contribution < 1.29 is 25.4 Å². The van der Waals surface area contributed by atoms with Crippen molar-refractivity contribution in [2.45, 2.75) is 6.03 Å². The first-order chi connectivity index (χ1) is 6.85. The molecule has 0 atom stereocenters. The maximum Gasteiger partial charge on any atom is 0.388 e. The number of hydrogen-bond donors (Lipinski definition) is 6. The van der Waals surface area contributed by atoms with Gasteiger partial charge in [0.2, 0.25) is 0 Å². The number of rotatable bonds is 0. The molecular weight excluding hydrogens is 212 g/mol. The van der Waals surface area contributed by atoms with Crippen LogP contribution in [0, 0.1) is 0 Å². The van der Waals surface area contributed by atoms with Crippen LogP contribution in [0.4, 0.5) is 5.82 Å². The molecule has 0 spiro atoms. The van der Waals surface area contributed by atoms with Gasteiger partial charge < -0.3 is 10.2 Å². The fraction of sp³-hybridized carbons (Fsp3) is 0.200. The zero-order valence-electron chi connectivity index (χ0n) is 7.00. The minimum absolute atomic E-state index is 0.276. The van der Waals surface area contributed by atoms with Gasteiger partial charge in [0.25, 0.3) is 0 Å². The first-order valence-corrected chi connectivity index (χ1v) is 3.65. The summed E-state index contributed by atoms with van der Waals surface area (Å²) < 4.78 is 0. The summed E-state index contributed by atoms with van der Waals surface area (Å²) in [5, 5.41) is 35.5. The van der Waals surface area contributed by atoms with Gasteiger partial charge in [-0.05, 0) is 0 Å². The zero-order valence-corrected chi connectivity index (χ0v) is 7.00. The highest BCUT2D eigenvalue weighted by molar-refractivity contribution is 5.98. The summed E-state index contributed by atoms with van der Waals surface area (Å²) in [5.74, 6) is -1.83. The molecule has 2 rings (SSSR count). The van der Waals surface area contributed by atoms with Gasteiger partial charge in [-0.2, -0.15) is 5.06 Å². The van der Waals surface area contributed by atoms with Crippen LogP contribution in [0.3, 0.4) is 0 Å². The third-order valence-corrected chi connectivity index (χ3v) is 1.89. The zero-order chi connectivity index (χ0) is 11.4. The van der Waals surface area contributed by atoms with Crippen molar-refractivity contribution >= 4 is 11.7 Å².